The smallest absolute Gasteiger partial charge is 0.391 e. The molecular formula is C21H29F3N2O3S. The van der Waals surface area contributed by atoms with E-state index in [1.54, 1.807) is 12.3 Å². The summed E-state index contributed by atoms with van der Waals surface area (Å²) < 4.78 is 67.4. The van der Waals surface area contributed by atoms with Crippen LogP contribution in [0.3, 0.4) is 0 Å². The summed E-state index contributed by atoms with van der Waals surface area (Å²) in [6, 6.07) is 3.65. The van der Waals surface area contributed by atoms with E-state index in [2.05, 4.69) is 9.88 Å². The average molecular weight is 447 g/mol. The van der Waals surface area contributed by atoms with Gasteiger partial charge in [-0.1, -0.05) is 0 Å². The van der Waals surface area contributed by atoms with Gasteiger partial charge in [0, 0.05) is 35.8 Å². The Balaban J connectivity index is 1.21. The second-order valence-corrected chi connectivity index (χ2v) is 11.3. The van der Waals surface area contributed by atoms with Crippen LogP contribution in [0.25, 0.3) is 0 Å². The van der Waals surface area contributed by atoms with E-state index in [0.717, 1.165) is 38.2 Å². The molecule has 5 nitrogen and oxygen atoms in total. The van der Waals surface area contributed by atoms with Crippen molar-refractivity contribution in [2.75, 3.05) is 37.7 Å². The van der Waals surface area contributed by atoms with Crippen LogP contribution in [0.15, 0.2) is 18.3 Å². The first-order valence-corrected chi connectivity index (χ1v) is 12.5. The van der Waals surface area contributed by atoms with Crippen LogP contribution in [0.2, 0.25) is 0 Å². The highest BCUT2D eigenvalue weighted by molar-refractivity contribution is 7.92. The zero-order valence-corrected chi connectivity index (χ0v) is 17.8. The van der Waals surface area contributed by atoms with E-state index < -0.39 is 21.9 Å². The number of aromatic nitrogens is 1. The second-order valence-electron chi connectivity index (χ2n) is 9.23. The van der Waals surface area contributed by atoms with Crippen LogP contribution >= 0.6 is 0 Å². The van der Waals surface area contributed by atoms with Crippen molar-refractivity contribution in [3.05, 3.63) is 24.0 Å². The largest absolute Gasteiger partial charge is 0.492 e. The number of nitrogens with zero attached hydrogens (tertiary/aromatic N) is 2. The van der Waals surface area contributed by atoms with E-state index in [1.165, 1.54) is 0 Å². The molecule has 3 fully saturated rings. The number of ether oxygens (including phenoxy) is 1. The van der Waals surface area contributed by atoms with Crippen molar-refractivity contribution in [3.8, 4) is 5.75 Å². The monoisotopic (exact) mass is 446 g/mol. The van der Waals surface area contributed by atoms with Gasteiger partial charge in [-0.25, -0.2) is 8.42 Å². The molecule has 0 bridgehead atoms. The van der Waals surface area contributed by atoms with Crippen molar-refractivity contribution in [2.24, 2.45) is 11.3 Å². The van der Waals surface area contributed by atoms with Crippen LogP contribution in [0.1, 0.15) is 50.1 Å². The molecule has 3 heterocycles. The molecule has 1 spiro atoms. The Labute approximate surface area is 175 Å². The van der Waals surface area contributed by atoms with Crippen molar-refractivity contribution in [1.82, 2.24) is 9.88 Å². The zero-order chi connectivity index (χ0) is 21.4. The van der Waals surface area contributed by atoms with Crippen LogP contribution in [0, 0.1) is 11.3 Å². The third-order valence-electron chi connectivity index (χ3n) is 7.01. The highest BCUT2D eigenvalue weighted by atomic mass is 32.2. The number of halogens is 3. The van der Waals surface area contributed by atoms with Gasteiger partial charge in [0.05, 0.1) is 17.4 Å². The molecule has 2 saturated heterocycles. The first-order valence-electron chi connectivity index (χ1n) is 10.7. The first kappa shape index (κ1) is 21.9. The molecule has 4 rings (SSSR count). The number of pyridine rings is 1. The molecule has 0 atom stereocenters. The van der Waals surface area contributed by atoms with Crippen LogP contribution in [-0.2, 0) is 9.84 Å². The Morgan fingerprint density at radius 1 is 1.13 bits per heavy atom. The molecule has 0 amide bonds. The lowest BCUT2D eigenvalue weighted by molar-refractivity contribution is -0.182. The van der Waals surface area contributed by atoms with Gasteiger partial charge in [-0.2, -0.15) is 13.2 Å². The second kappa shape index (κ2) is 8.30. The number of likely N-dealkylation sites (tertiary alicyclic amines) is 1. The fourth-order valence-corrected chi connectivity index (χ4v) is 7.54. The number of alkyl halides is 3. The molecular weight excluding hydrogens is 417 g/mol. The quantitative estimate of drug-likeness (QED) is 0.689. The summed E-state index contributed by atoms with van der Waals surface area (Å²) in [5.74, 6) is 0.266. The SMILES string of the molecule is O=S1(=O)CC2(CCN(CCOc3ccnc([C@H]4CC[C@H](C(F)(F)F)CC4)c3)CC2)C1. The first-order chi connectivity index (χ1) is 14.1. The summed E-state index contributed by atoms with van der Waals surface area (Å²) in [5.41, 5.74) is 0.834. The maximum absolute atomic E-state index is 12.9. The topological polar surface area (TPSA) is 59.5 Å². The number of hydrogen-bond acceptors (Lipinski definition) is 5. The van der Waals surface area contributed by atoms with Crippen LogP contribution in [-0.4, -0.2) is 62.2 Å². The average Bonchev–Trinajstić information content (AvgIpc) is 2.68. The molecule has 0 unspecified atom stereocenters. The predicted molar refractivity (Wildman–Crippen MR) is 107 cm³/mol. The summed E-state index contributed by atoms with van der Waals surface area (Å²) in [4.78, 5) is 6.67. The van der Waals surface area contributed by atoms with E-state index in [9.17, 15) is 21.6 Å². The molecule has 0 N–H and O–H groups in total. The van der Waals surface area contributed by atoms with Gasteiger partial charge in [0.2, 0.25) is 0 Å². The molecule has 168 valence electrons. The van der Waals surface area contributed by atoms with E-state index in [-0.39, 0.29) is 24.2 Å². The summed E-state index contributed by atoms with van der Waals surface area (Å²) in [5, 5.41) is 0. The predicted octanol–water partition coefficient (Wildman–Crippen LogP) is 3.81. The lowest BCUT2D eigenvalue weighted by atomic mass is 9.80. The third-order valence-corrected chi connectivity index (χ3v) is 9.11. The number of sulfone groups is 1. The van der Waals surface area contributed by atoms with Crippen molar-refractivity contribution >= 4 is 9.84 Å². The summed E-state index contributed by atoms with van der Waals surface area (Å²) in [6.45, 7) is 3.08. The van der Waals surface area contributed by atoms with E-state index in [1.807, 2.05) is 6.07 Å². The Morgan fingerprint density at radius 3 is 2.40 bits per heavy atom. The molecule has 1 aromatic heterocycles. The van der Waals surface area contributed by atoms with Gasteiger partial charge in [-0.3, -0.25) is 9.88 Å². The molecule has 9 heteroatoms. The van der Waals surface area contributed by atoms with Crippen LogP contribution < -0.4 is 4.74 Å². The summed E-state index contributed by atoms with van der Waals surface area (Å²) in [6.07, 6.45) is 0.764. The number of piperidine rings is 1. The van der Waals surface area contributed by atoms with Gasteiger partial charge in [0.15, 0.2) is 9.84 Å². The lowest BCUT2D eigenvalue weighted by Gasteiger charge is -2.47. The summed E-state index contributed by atoms with van der Waals surface area (Å²) in [7, 11) is -2.79. The van der Waals surface area contributed by atoms with Gasteiger partial charge in [0.1, 0.15) is 12.4 Å². The molecule has 2 aliphatic heterocycles. The minimum atomic E-state index is -4.09. The highest BCUT2D eigenvalue weighted by Crippen LogP contribution is 2.43. The van der Waals surface area contributed by atoms with Crippen LogP contribution in [0.5, 0.6) is 5.75 Å². The van der Waals surface area contributed by atoms with Crippen molar-refractivity contribution in [3.63, 3.8) is 0 Å². The molecule has 30 heavy (non-hydrogen) atoms. The third kappa shape index (κ3) is 5.10. The van der Waals surface area contributed by atoms with Crippen LogP contribution in [0.4, 0.5) is 13.2 Å². The molecule has 0 aromatic carbocycles. The standard InChI is InChI=1S/C21H29F3N2O3S/c22-21(23,24)17-3-1-16(2-4-17)19-13-18(5-8-25-19)29-12-11-26-9-6-20(7-10-26)14-30(27,28)15-20/h5,8,13,16-17H,1-4,6-7,9-12,14-15H2/t16-,17-. The number of rotatable bonds is 5. The highest BCUT2D eigenvalue weighted by Gasteiger charge is 2.49. The molecule has 0 radical (unpaired) electrons. The number of hydrogen-bond donors (Lipinski definition) is 0. The Morgan fingerprint density at radius 2 is 1.80 bits per heavy atom. The lowest BCUT2D eigenvalue weighted by Crippen LogP contribution is -2.54. The van der Waals surface area contributed by atoms with E-state index in [4.69, 9.17) is 4.74 Å². The van der Waals surface area contributed by atoms with Crippen molar-refractivity contribution in [2.45, 2.75) is 50.6 Å². The fraction of sp³-hybridized carbons (Fsp3) is 0.762. The van der Waals surface area contributed by atoms with Crippen molar-refractivity contribution in [1.29, 1.82) is 0 Å². The van der Waals surface area contributed by atoms with E-state index in [0.29, 0.717) is 36.7 Å². The minimum absolute atomic E-state index is 0.0152. The molecule has 1 aromatic rings. The van der Waals surface area contributed by atoms with Gasteiger partial charge in [-0.15, -0.1) is 0 Å². The molecule has 3 aliphatic rings. The zero-order valence-electron chi connectivity index (χ0n) is 17.0. The van der Waals surface area contributed by atoms with Gasteiger partial charge >= 0.3 is 6.18 Å². The fourth-order valence-electron chi connectivity index (χ4n) is 5.18. The van der Waals surface area contributed by atoms with Gasteiger partial charge in [0.25, 0.3) is 0 Å². The molecule has 1 aliphatic carbocycles. The van der Waals surface area contributed by atoms with Gasteiger partial charge < -0.3 is 4.74 Å². The molecule has 1 saturated carbocycles. The Bertz CT molecular complexity index is 829. The van der Waals surface area contributed by atoms with E-state index >= 15 is 0 Å². The van der Waals surface area contributed by atoms with Crippen molar-refractivity contribution < 1.29 is 26.3 Å². The normalized spacial score (nSPS) is 28.8. The Hall–Kier alpha value is -1.35. The summed E-state index contributed by atoms with van der Waals surface area (Å²) >= 11 is 0. The Kier molecular flexibility index (Phi) is 6.05. The maximum Gasteiger partial charge on any atom is 0.391 e. The maximum atomic E-state index is 12.9. The minimum Gasteiger partial charge on any atom is -0.492 e. The van der Waals surface area contributed by atoms with Gasteiger partial charge in [-0.05, 0) is 57.7 Å².